The first-order valence-electron chi connectivity index (χ1n) is 8.00. The molecule has 0 amide bonds. The number of rotatable bonds is 5. The molecule has 0 radical (unpaired) electrons. The Morgan fingerprint density at radius 2 is 1.70 bits per heavy atom. The molecule has 120 valence electrons. The van der Waals surface area contributed by atoms with Crippen LogP contribution >= 0.6 is 0 Å². The maximum Gasteiger partial charge on any atom is 0.0647 e. The summed E-state index contributed by atoms with van der Waals surface area (Å²) in [5, 5.41) is 10.7. The molecule has 3 heteroatoms. The number of hydrogen-bond acceptors (Lipinski definition) is 3. The van der Waals surface area contributed by atoms with Crippen LogP contribution in [-0.4, -0.2) is 30.5 Å². The molecule has 0 aromatic rings. The minimum atomic E-state index is -0.372. The molecule has 1 saturated carbocycles. The van der Waals surface area contributed by atoms with Gasteiger partial charge in [-0.25, -0.2) is 0 Å². The summed E-state index contributed by atoms with van der Waals surface area (Å²) in [5.74, 6) is 0.741. The van der Waals surface area contributed by atoms with Gasteiger partial charge in [0.25, 0.3) is 0 Å². The monoisotopic (exact) mass is 285 g/mol. The van der Waals surface area contributed by atoms with Crippen molar-refractivity contribution in [1.82, 2.24) is 0 Å². The van der Waals surface area contributed by atoms with E-state index in [9.17, 15) is 5.11 Å². The van der Waals surface area contributed by atoms with E-state index in [1.165, 1.54) is 12.8 Å². The first-order chi connectivity index (χ1) is 9.06. The molecule has 1 unspecified atom stereocenters. The molecule has 1 atom stereocenters. The highest BCUT2D eigenvalue weighted by Gasteiger charge is 2.44. The molecule has 1 aliphatic rings. The van der Waals surface area contributed by atoms with Gasteiger partial charge in [-0.2, -0.15) is 0 Å². The van der Waals surface area contributed by atoms with Crippen LogP contribution in [0.2, 0.25) is 0 Å². The topological polar surface area (TPSA) is 55.5 Å². The predicted molar refractivity (Wildman–Crippen MR) is 84.6 cm³/mol. The molecule has 0 heterocycles. The number of hydrogen-bond donors (Lipinski definition) is 2. The third kappa shape index (κ3) is 4.19. The zero-order valence-electron chi connectivity index (χ0n) is 14.3. The Kier molecular flexibility index (Phi) is 5.67. The van der Waals surface area contributed by atoms with Crippen molar-refractivity contribution in [1.29, 1.82) is 0 Å². The normalized spacial score (nSPS) is 30.3. The minimum Gasteiger partial charge on any atom is -0.392 e. The van der Waals surface area contributed by atoms with E-state index in [0.29, 0.717) is 18.4 Å². The second kappa shape index (κ2) is 6.33. The van der Waals surface area contributed by atoms with E-state index in [-0.39, 0.29) is 17.1 Å². The molecule has 0 aliphatic heterocycles. The van der Waals surface area contributed by atoms with Crippen molar-refractivity contribution in [2.45, 2.75) is 78.4 Å². The lowest BCUT2D eigenvalue weighted by Crippen LogP contribution is -2.48. The molecule has 1 rings (SSSR count). The van der Waals surface area contributed by atoms with Crippen LogP contribution in [0.25, 0.3) is 0 Å². The second-order valence-electron chi connectivity index (χ2n) is 8.39. The zero-order chi connectivity index (χ0) is 15.6. The lowest BCUT2D eigenvalue weighted by molar-refractivity contribution is -0.0787. The van der Waals surface area contributed by atoms with E-state index in [1.807, 2.05) is 13.8 Å². The number of methoxy groups -OCH3 is 1. The van der Waals surface area contributed by atoms with E-state index in [4.69, 9.17) is 10.5 Å². The molecule has 1 fully saturated rings. The third-order valence-corrected chi connectivity index (χ3v) is 5.56. The Labute approximate surface area is 125 Å². The number of ether oxygens (including phenoxy) is 1. The molecule has 0 aromatic carbocycles. The fourth-order valence-electron chi connectivity index (χ4n) is 3.50. The van der Waals surface area contributed by atoms with E-state index in [1.54, 1.807) is 7.11 Å². The molecule has 0 aromatic heterocycles. The summed E-state index contributed by atoms with van der Waals surface area (Å²) in [5.41, 5.74) is 6.01. The van der Waals surface area contributed by atoms with E-state index in [2.05, 4.69) is 20.8 Å². The number of aliphatic hydroxyl groups excluding tert-OH is 1. The van der Waals surface area contributed by atoms with Gasteiger partial charge in [-0.3, -0.25) is 0 Å². The summed E-state index contributed by atoms with van der Waals surface area (Å²) in [7, 11) is 1.71. The van der Waals surface area contributed by atoms with Crippen LogP contribution in [0.15, 0.2) is 0 Å². The number of nitrogens with two attached hydrogens (primary N) is 1. The van der Waals surface area contributed by atoms with Gasteiger partial charge in [0, 0.05) is 25.5 Å². The first kappa shape index (κ1) is 17.9. The lowest BCUT2D eigenvalue weighted by atomic mass is 9.61. The van der Waals surface area contributed by atoms with Crippen LogP contribution in [0.5, 0.6) is 0 Å². The van der Waals surface area contributed by atoms with Gasteiger partial charge in [-0.1, -0.05) is 20.8 Å². The fraction of sp³-hybridized carbons (Fsp3) is 1.00. The largest absolute Gasteiger partial charge is 0.392 e. The average molecular weight is 285 g/mol. The van der Waals surface area contributed by atoms with Crippen LogP contribution in [0, 0.1) is 16.7 Å². The predicted octanol–water partition coefficient (Wildman–Crippen LogP) is 3.34. The highest BCUT2D eigenvalue weighted by molar-refractivity contribution is 4.96. The van der Waals surface area contributed by atoms with Crippen molar-refractivity contribution in [3.63, 3.8) is 0 Å². The van der Waals surface area contributed by atoms with Gasteiger partial charge < -0.3 is 15.6 Å². The molecule has 0 spiro atoms. The highest BCUT2D eigenvalue weighted by Crippen LogP contribution is 2.47. The summed E-state index contributed by atoms with van der Waals surface area (Å²) >= 11 is 0. The van der Waals surface area contributed by atoms with Gasteiger partial charge in [0.05, 0.1) is 11.7 Å². The van der Waals surface area contributed by atoms with E-state index >= 15 is 0 Å². The van der Waals surface area contributed by atoms with Crippen LogP contribution in [0.1, 0.15) is 66.7 Å². The second-order valence-corrected chi connectivity index (χ2v) is 8.39. The Morgan fingerprint density at radius 1 is 1.20 bits per heavy atom. The van der Waals surface area contributed by atoms with Crippen LogP contribution in [0.4, 0.5) is 0 Å². The maximum absolute atomic E-state index is 10.7. The third-order valence-electron chi connectivity index (χ3n) is 5.56. The highest BCUT2D eigenvalue weighted by atomic mass is 16.5. The maximum atomic E-state index is 10.7. The van der Waals surface area contributed by atoms with Crippen molar-refractivity contribution in [2.75, 3.05) is 13.7 Å². The first-order valence-corrected chi connectivity index (χ1v) is 8.00. The molecule has 1 aliphatic carbocycles. The summed E-state index contributed by atoms with van der Waals surface area (Å²) < 4.78 is 5.46. The van der Waals surface area contributed by atoms with Crippen molar-refractivity contribution in [2.24, 2.45) is 22.5 Å². The Hall–Kier alpha value is -0.120. The van der Waals surface area contributed by atoms with Gasteiger partial charge >= 0.3 is 0 Å². The Bertz CT molecular complexity index is 299. The van der Waals surface area contributed by atoms with Crippen LogP contribution < -0.4 is 5.73 Å². The average Bonchev–Trinajstić information content (AvgIpc) is 2.37. The molecule has 3 N–H and O–H groups in total. The Morgan fingerprint density at radius 3 is 2.05 bits per heavy atom. The minimum absolute atomic E-state index is 0.114. The van der Waals surface area contributed by atoms with E-state index in [0.717, 1.165) is 18.8 Å². The Balaban J connectivity index is 2.71. The van der Waals surface area contributed by atoms with E-state index < -0.39 is 0 Å². The molecule has 3 nitrogen and oxygen atoms in total. The van der Waals surface area contributed by atoms with Crippen molar-refractivity contribution < 1.29 is 9.84 Å². The summed E-state index contributed by atoms with van der Waals surface area (Å²) in [4.78, 5) is 0. The van der Waals surface area contributed by atoms with Gasteiger partial charge in [0.15, 0.2) is 0 Å². The van der Waals surface area contributed by atoms with Crippen LogP contribution in [-0.2, 0) is 4.74 Å². The van der Waals surface area contributed by atoms with Gasteiger partial charge in [-0.05, 0) is 50.9 Å². The molecule has 20 heavy (non-hydrogen) atoms. The van der Waals surface area contributed by atoms with Crippen molar-refractivity contribution in [3.8, 4) is 0 Å². The molecular weight excluding hydrogens is 250 g/mol. The van der Waals surface area contributed by atoms with Gasteiger partial charge in [0.1, 0.15) is 0 Å². The molecule has 0 bridgehead atoms. The van der Waals surface area contributed by atoms with Gasteiger partial charge in [-0.15, -0.1) is 0 Å². The summed E-state index contributed by atoms with van der Waals surface area (Å²) in [6.07, 6.45) is 4.69. The standard InChI is InChI=1S/C17H35NO2/c1-15(2,3)13-7-9-17(12-18,10-8-13)14(19)11-16(4,5)20-6/h13-14,19H,7-12,18H2,1-6H3. The number of aliphatic hydroxyl groups is 1. The molecular formula is C17H35NO2. The van der Waals surface area contributed by atoms with Gasteiger partial charge in [0.2, 0.25) is 0 Å². The quantitative estimate of drug-likeness (QED) is 0.814. The lowest BCUT2D eigenvalue weighted by Gasteiger charge is -2.47. The summed E-state index contributed by atoms with van der Waals surface area (Å²) in [6, 6.07) is 0. The summed E-state index contributed by atoms with van der Waals surface area (Å²) in [6.45, 7) is 11.6. The smallest absolute Gasteiger partial charge is 0.0647 e. The molecule has 0 saturated heterocycles. The van der Waals surface area contributed by atoms with Crippen LogP contribution in [0.3, 0.4) is 0 Å². The fourth-order valence-corrected chi connectivity index (χ4v) is 3.50. The zero-order valence-corrected chi connectivity index (χ0v) is 14.3. The van der Waals surface area contributed by atoms with Crippen molar-refractivity contribution >= 4 is 0 Å². The SMILES string of the molecule is COC(C)(C)CC(O)C1(CN)CCC(C(C)(C)C)CC1. The van der Waals surface area contributed by atoms with Crippen molar-refractivity contribution in [3.05, 3.63) is 0 Å².